The van der Waals surface area contributed by atoms with E-state index in [-0.39, 0.29) is 4.90 Å². The Balaban J connectivity index is 2.04. The van der Waals surface area contributed by atoms with Crippen molar-refractivity contribution in [3.63, 3.8) is 0 Å². The van der Waals surface area contributed by atoms with E-state index in [0.29, 0.717) is 5.56 Å². The Hall–Kier alpha value is -2.77. The summed E-state index contributed by atoms with van der Waals surface area (Å²) >= 11 is 0. The van der Waals surface area contributed by atoms with E-state index in [9.17, 15) is 18.5 Å². The van der Waals surface area contributed by atoms with Gasteiger partial charge in [0.25, 0.3) is 5.69 Å². The van der Waals surface area contributed by atoms with E-state index in [2.05, 4.69) is 4.72 Å². The lowest BCUT2D eigenvalue weighted by molar-refractivity contribution is -0.387. The fourth-order valence-corrected chi connectivity index (χ4v) is 4.73. The lowest BCUT2D eigenvalue weighted by Gasteiger charge is -2.17. The molecule has 0 saturated heterocycles. The molecule has 3 rings (SSSR count). The van der Waals surface area contributed by atoms with Crippen molar-refractivity contribution >= 4 is 26.5 Å². The average Bonchev–Trinajstić information content (AvgIpc) is 2.60. The predicted molar refractivity (Wildman–Crippen MR) is 101 cm³/mol. The first kappa shape index (κ1) is 18.0. The van der Waals surface area contributed by atoms with Crippen LogP contribution in [-0.4, -0.2) is 13.3 Å². The Morgan fingerprint density at radius 3 is 2.38 bits per heavy atom. The summed E-state index contributed by atoms with van der Waals surface area (Å²) in [4.78, 5) is 10.3. The smallest absolute Gasteiger partial charge is 0.258 e. The Morgan fingerprint density at radius 2 is 1.65 bits per heavy atom. The molecule has 7 heteroatoms. The highest BCUT2D eigenvalue weighted by atomic mass is 32.2. The second kappa shape index (κ2) is 6.86. The zero-order chi connectivity index (χ0) is 18.9. The summed E-state index contributed by atoms with van der Waals surface area (Å²) in [6, 6.07) is 17.0. The van der Waals surface area contributed by atoms with Gasteiger partial charge in [0.1, 0.15) is 0 Å². The number of hydrogen-bond acceptors (Lipinski definition) is 4. The van der Waals surface area contributed by atoms with Crippen LogP contribution in [0.4, 0.5) is 5.69 Å². The number of aryl methyl sites for hydroxylation is 1. The van der Waals surface area contributed by atoms with Crippen molar-refractivity contribution in [3.05, 3.63) is 81.9 Å². The summed E-state index contributed by atoms with van der Waals surface area (Å²) in [6.45, 7) is 3.27. The molecular formula is C19H18N2O4S. The molecule has 0 aromatic heterocycles. The molecule has 6 nitrogen and oxygen atoms in total. The van der Waals surface area contributed by atoms with Crippen molar-refractivity contribution in [2.45, 2.75) is 24.8 Å². The lowest BCUT2D eigenvalue weighted by atomic mass is 10.0. The van der Waals surface area contributed by atoms with Gasteiger partial charge in [0, 0.05) is 12.1 Å². The minimum atomic E-state index is -4.07. The zero-order valence-electron chi connectivity index (χ0n) is 14.3. The largest absolute Gasteiger partial charge is 0.289 e. The van der Waals surface area contributed by atoms with Crippen molar-refractivity contribution < 1.29 is 13.3 Å². The van der Waals surface area contributed by atoms with Crippen LogP contribution in [0.15, 0.2) is 65.6 Å². The van der Waals surface area contributed by atoms with Gasteiger partial charge in [-0.15, -0.1) is 0 Å². The molecule has 1 atom stereocenters. The Bertz CT molecular complexity index is 1090. The molecule has 0 aliphatic heterocycles. The fourth-order valence-electron chi connectivity index (χ4n) is 3.11. The van der Waals surface area contributed by atoms with Crippen molar-refractivity contribution in [1.29, 1.82) is 0 Å². The van der Waals surface area contributed by atoms with Crippen LogP contribution in [0.3, 0.4) is 0 Å². The maximum atomic E-state index is 12.9. The second-order valence-electron chi connectivity index (χ2n) is 6.09. The van der Waals surface area contributed by atoms with E-state index in [1.807, 2.05) is 42.5 Å². The van der Waals surface area contributed by atoms with Crippen LogP contribution in [0.2, 0.25) is 0 Å². The highest BCUT2D eigenvalue weighted by Gasteiger charge is 2.29. The molecule has 0 bridgehead atoms. The van der Waals surface area contributed by atoms with Crippen LogP contribution >= 0.6 is 0 Å². The summed E-state index contributed by atoms with van der Waals surface area (Å²) in [5, 5.41) is 13.2. The fraction of sp³-hybridized carbons (Fsp3) is 0.158. The third kappa shape index (κ3) is 3.31. The second-order valence-corrected chi connectivity index (χ2v) is 7.74. The van der Waals surface area contributed by atoms with Crippen LogP contribution in [0, 0.1) is 17.0 Å². The molecule has 0 radical (unpaired) electrons. The first-order valence-electron chi connectivity index (χ1n) is 8.05. The maximum Gasteiger partial charge on any atom is 0.289 e. The molecule has 0 aliphatic carbocycles. The summed E-state index contributed by atoms with van der Waals surface area (Å²) < 4.78 is 28.3. The highest BCUT2D eigenvalue weighted by Crippen LogP contribution is 2.30. The van der Waals surface area contributed by atoms with Gasteiger partial charge in [0.2, 0.25) is 10.0 Å². The Morgan fingerprint density at radius 1 is 1.00 bits per heavy atom. The van der Waals surface area contributed by atoms with Crippen LogP contribution in [-0.2, 0) is 10.0 Å². The topological polar surface area (TPSA) is 89.3 Å². The molecule has 0 saturated carbocycles. The monoisotopic (exact) mass is 370 g/mol. The molecule has 26 heavy (non-hydrogen) atoms. The highest BCUT2D eigenvalue weighted by molar-refractivity contribution is 7.89. The zero-order valence-corrected chi connectivity index (χ0v) is 15.2. The number of nitrogens with one attached hydrogen (secondary N) is 1. The van der Waals surface area contributed by atoms with Gasteiger partial charge >= 0.3 is 0 Å². The van der Waals surface area contributed by atoms with E-state index < -0.39 is 26.7 Å². The number of rotatable bonds is 5. The van der Waals surface area contributed by atoms with Gasteiger partial charge in [-0.2, -0.15) is 0 Å². The summed E-state index contributed by atoms with van der Waals surface area (Å²) in [6.07, 6.45) is 0. The molecule has 0 fully saturated rings. The van der Waals surface area contributed by atoms with Crippen molar-refractivity contribution in [2.75, 3.05) is 0 Å². The molecule has 3 aromatic carbocycles. The molecule has 1 unspecified atom stereocenters. The van der Waals surface area contributed by atoms with Gasteiger partial charge in [0.15, 0.2) is 4.90 Å². The van der Waals surface area contributed by atoms with E-state index >= 15 is 0 Å². The molecular weight excluding hydrogens is 352 g/mol. The molecule has 0 heterocycles. The maximum absolute atomic E-state index is 12.9. The average molecular weight is 370 g/mol. The van der Waals surface area contributed by atoms with E-state index in [1.54, 1.807) is 19.9 Å². The molecule has 0 amide bonds. The number of fused-ring (bicyclic) bond motifs is 1. The van der Waals surface area contributed by atoms with Crippen molar-refractivity contribution in [1.82, 2.24) is 4.72 Å². The standard InChI is InChI=1S/C19H18N2O4S/c1-13-7-5-12-18(21(22)23)19(13)26(24,25)20-14(2)16-11-6-9-15-8-3-4-10-17(15)16/h3-12,14,20H,1-2H3. The minimum absolute atomic E-state index is 0.294. The van der Waals surface area contributed by atoms with Crippen LogP contribution in [0.5, 0.6) is 0 Å². The molecule has 0 spiro atoms. The molecule has 1 N–H and O–H groups in total. The normalized spacial score (nSPS) is 12.8. The van der Waals surface area contributed by atoms with Gasteiger partial charge < -0.3 is 0 Å². The van der Waals surface area contributed by atoms with Crippen LogP contribution in [0.1, 0.15) is 24.1 Å². The quantitative estimate of drug-likeness (QED) is 0.541. The van der Waals surface area contributed by atoms with Crippen LogP contribution in [0.25, 0.3) is 10.8 Å². The van der Waals surface area contributed by atoms with Crippen LogP contribution < -0.4 is 4.72 Å². The van der Waals surface area contributed by atoms with Gasteiger partial charge in [0.05, 0.1) is 4.92 Å². The molecule has 3 aromatic rings. The first-order valence-corrected chi connectivity index (χ1v) is 9.53. The lowest BCUT2D eigenvalue weighted by Crippen LogP contribution is -2.28. The number of hydrogen-bond donors (Lipinski definition) is 1. The van der Waals surface area contributed by atoms with E-state index in [4.69, 9.17) is 0 Å². The number of sulfonamides is 1. The van der Waals surface area contributed by atoms with Crippen molar-refractivity contribution in [3.8, 4) is 0 Å². The minimum Gasteiger partial charge on any atom is -0.258 e. The van der Waals surface area contributed by atoms with Crippen molar-refractivity contribution in [2.24, 2.45) is 0 Å². The number of benzene rings is 3. The summed E-state index contributed by atoms with van der Waals surface area (Å²) in [7, 11) is -4.07. The third-order valence-electron chi connectivity index (χ3n) is 4.28. The number of nitro groups is 1. The van der Waals surface area contributed by atoms with E-state index in [1.165, 1.54) is 12.1 Å². The Kier molecular flexibility index (Phi) is 4.76. The summed E-state index contributed by atoms with van der Waals surface area (Å²) in [5.74, 6) is 0. The first-order chi connectivity index (χ1) is 12.3. The SMILES string of the molecule is Cc1cccc([N+](=O)[O-])c1S(=O)(=O)NC(C)c1cccc2ccccc12. The predicted octanol–water partition coefficient (Wildman–Crippen LogP) is 4.10. The number of nitro benzene ring substituents is 1. The van der Waals surface area contributed by atoms with Gasteiger partial charge in [-0.05, 0) is 35.7 Å². The Labute approximate surface area is 151 Å². The number of nitrogens with zero attached hydrogens (tertiary/aromatic N) is 1. The summed E-state index contributed by atoms with van der Waals surface area (Å²) in [5.41, 5.74) is 0.711. The van der Waals surface area contributed by atoms with Gasteiger partial charge in [-0.3, -0.25) is 10.1 Å². The van der Waals surface area contributed by atoms with Gasteiger partial charge in [-0.25, -0.2) is 13.1 Å². The third-order valence-corrected chi connectivity index (χ3v) is 6.01. The molecule has 134 valence electrons. The van der Waals surface area contributed by atoms with Gasteiger partial charge in [-0.1, -0.05) is 54.6 Å². The van der Waals surface area contributed by atoms with E-state index in [0.717, 1.165) is 16.3 Å². The molecule has 0 aliphatic rings.